The van der Waals surface area contributed by atoms with Crippen LogP contribution in [0.4, 0.5) is 11.4 Å². The number of anilines is 1. The third-order valence-corrected chi connectivity index (χ3v) is 5.51. The van der Waals surface area contributed by atoms with E-state index in [1.165, 1.54) is 24.3 Å². The summed E-state index contributed by atoms with van der Waals surface area (Å²) in [6.07, 6.45) is -0.779. The van der Waals surface area contributed by atoms with Gasteiger partial charge in [-0.1, -0.05) is 35.1 Å². The number of aromatic amines is 1. The van der Waals surface area contributed by atoms with E-state index in [-0.39, 0.29) is 28.5 Å². The highest BCUT2D eigenvalue weighted by Crippen LogP contribution is 2.22. The van der Waals surface area contributed by atoms with Crippen molar-refractivity contribution in [1.29, 1.82) is 0 Å². The van der Waals surface area contributed by atoms with Crippen LogP contribution < -0.4 is 32.6 Å². The maximum absolute atomic E-state index is 13.2. The molecule has 0 unspecified atom stereocenters. The SMILES string of the molecule is CC(=O)[C@@H](C(=O)On1c(O)c(Cc2ccc(N=C(N)N)cc2)[nH]c1=O)N(C(=O)[C@@H](N)CC(=O)O)c1ccccc1. The van der Waals surface area contributed by atoms with E-state index in [4.69, 9.17) is 27.1 Å². The smallest absolute Gasteiger partial charge is 0.363 e. The zero-order valence-corrected chi connectivity index (χ0v) is 21.2. The summed E-state index contributed by atoms with van der Waals surface area (Å²) in [6, 6.07) is 10.3. The van der Waals surface area contributed by atoms with Crippen LogP contribution in [0.2, 0.25) is 0 Å². The second-order valence-corrected chi connectivity index (χ2v) is 8.58. The fourth-order valence-electron chi connectivity index (χ4n) is 3.74. The van der Waals surface area contributed by atoms with Crippen LogP contribution in [0.25, 0.3) is 0 Å². The van der Waals surface area contributed by atoms with E-state index in [0.29, 0.717) is 16.2 Å². The molecule has 0 radical (unpaired) electrons. The molecule has 3 rings (SSSR count). The standard InChI is InChI=1S/C25H27N7O8/c1-13(33)20(31(16-5-3-2-4-6-16)21(36)17(26)12-19(34)35)23(38)40-32-22(37)18(30-25(32)39)11-14-7-9-15(10-8-14)29-24(27)28/h2-10,17,20,37H,11-12,26H2,1H3,(H,30,39)(H,34,35)(H4,27,28,29)/t17-,20-/m0/s1. The number of benzene rings is 2. The van der Waals surface area contributed by atoms with Gasteiger partial charge in [0.05, 0.1) is 23.8 Å². The summed E-state index contributed by atoms with van der Waals surface area (Å²) in [5.41, 5.74) is 16.5. The number of Topliss-reactive ketones (excluding diaryl/α,β-unsaturated/α-hetero) is 1. The number of guanidine groups is 1. The topological polar surface area (TPSA) is 249 Å². The molecule has 1 heterocycles. The van der Waals surface area contributed by atoms with Gasteiger partial charge in [-0.25, -0.2) is 14.6 Å². The number of imidazole rings is 1. The zero-order chi connectivity index (χ0) is 29.6. The lowest BCUT2D eigenvalue weighted by molar-refractivity contribution is -0.150. The first-order valence-electron chi connectivity index (χ1n) is 11.7. The van der Waals surface area contributed by atoms with E-state index in [2.05, 4.69) is 9.98 Å². The second-order valence-electron chi connectivity index (χ2n) is 8.58. The van der Waals surface area contributed by atoms with Gasteiger partial charge in [0.1, 0.15) is 0 Å². The molecule has 0 spiro atoms. The van der Waals surface area contributed by atoms with Crippen molar-refractivity contribution in [2.75, 3.05) is 4.90 Å². The maximum Gasteiger partial charge on any atom is 0.363 e. The van der Waals surface area contributed by atoms with Crippen LogP contribution >= 0.6 is 0 Å². The number of carboxylic acid groups (broad SMARTS) is 1. The number of carboxylic acids is 1. The van der Waals surface area contributed by atoms with Crippen LogP contribution in [0, 0.1) is 0 Å². The first kappa shape index (κ1) is 29.1. The van der Waals surface area contributed by atoms with E-state index < -0.39 is 53.7 Å². The molecule has 210 valence electrons. The van der Waals surface area contributed by atoms with E-state index in [0.717, 1.165) is 6.92 Å². The number of nitrogens with two attached hydrogens (primary N) is 3. The van der Waals surface area contributed by atoms with Gasteiger partial charge >= 0.3 is 17.6 Å². The largest absolute Gasteiger partial charge is 0.491 e. The van der Waals surface area contributed by atoms with Crippen molar-refractivity contribution in [3.05, 3.63) is 76.3 Å². The van der Waals surface area contributed by atoms with Gasteiger partial charge in [-0.15, -0.1) is 0 Å². The van der Waals surface area contributed by atoms with Crippen LogP contribution in [-0.4, -0.2) is 61.6 Å². The number of nitrogens with zero attached hydrogens (tertiary/aromatic N) is 3. The predicted molar refractivity (Wildman–Crippen MR) is 142 cm³/mol. The number of aromatic hydroxyl groups is 1. The monoisotopic (exact) mass is 553 g/mol. The average molecular weight is 554 g/mol. The molecule has 0 bridgehead atoms. The molecule has 9 N–H and O–H groups in total. The fraction of sp³-hybridized carbons (Fsp3) is 0.200. The van der Waals surface area contributed by atoms with E-state index in [1.54, 1.807) is 30.3 Å². The number of aromatic nitrogens is 2. The highest BCUT2D eigenvalue weighted by atomic mass is 16.7. The summed E-state index contributed by atoms with van der Waals surface area (Å²) in [7, 11) is 0. The van der Waals surface area contributed by atoms with Crippen molar-refractivity contribution in [3.8, 4) is 5.88 Å². The quantitative estimate of drug-likeness (QED) is 0.0966. The van der Waals surface area contributed by atoms with Crippen molar-refractivity contribution < 1.29 is 34.2 Å². The van der Waals surface area contributed by atoms with E-state index in [9.17, 15) is 29.1 Å². The molecule has 0 saturated carbocycles. The Morgan fingerprint density at radius 3 is 2.25 bits per heavy atom. The Kier molecular flexibility index (Phi) is 9.03. The van der Waals surface area contributed by atoms with Crippen molar-refractivity contribution in [1.82, 2.24) is 9.71 Å². The van der Waals surface area contributed by atoms with Gasteiger partial charge in [0, 0.05) is 12.1 Å². The summed E-state index contributed by atoms with van der Waals surface area (Å²) in [5.74, 6) is -5.60. The molecular weight excluding hydrogens is 526 g/mol. The number of hydrogen-bond donors (Lipinski definition) is 6. The van der Waals surface area contributed by atoms with Crippen LogP contribution in [-0.2, 0) is 25.6 Å². The molecule has 2 atom stereocenters. The molecule has 15 heteroatoms. The highest BCUT2D eigenvalue weighted by molar-refractivity contribution is 6.13. The number of para-hydroxylation sites is 1. The third kappa shape index (κ3) is 6.90. The Balaban J connectivity index is 1.91. The molecule has 1 amide bonds. The minimum atomic E-state index is -1.97. The minimum absolute atomic E-state index is 0.00251. The number of H-pyrrole nitrogens is 1. The van der Waals surface area contributed by atoms with Crippen molar-refractivity contribution in [2.45, 2.75) is 31.8 Å². The number of amides is 1. The lowest BCUT2D eigenvalue weighted by Crippen LogP contribution is -2.57. The van der Waals surface area contributed by atoms with Crippen LogP contribution in [0.15, 0.2) is 64.4 Å². The first-order chi connectivity index (χ1) is 18.9. The summed E-state index contributed by atoms with van der Waals surface area (Å²) in [4.78, 5) is 74.6. The van der Waals surface area contributed by atoms with Crippen LogP contribution in [0.5, 0.6) is 5.88 Å². The van der Waals surface area contributed by atoms with Gasteiger partial charge < -0.3 is 37.2 Å². The van der Waals surface area contributed by atoms with Gasteiger partial charge in [0.15, 0.2) is 17.8 Å². The molecule has 0 aliphatic carbocycles. The summed E-state index contributed by atoms with van der Waals surface area (Å²) < 4.78 is 0.242. The van der Waals surface area contributed by atoms with Gasteiger partial charge in [0.25, 0.3) is 5.88 Å². The number of hydrogen-bond acceptors (Lipinski definition) is 9. The molecule has 15 nitrogen and oxygen atoms in total. The molecule has 0 aliphatic rings. The average Bonchev–Trinajstić information content (AvgIpc) is 3.14. The second kappa shape index (κ2) is 12.4. The lowest BCUT2D eigenvalue weighted by atomic mass is 10.1. The number of aliphatic carboxylic acids is 1. The van der Waals surface area contributed by atoms with E-state index in [1.807, 2.05) is 0 Å². The number of ketones is 1. The molecule has 3 aromatic rings. The van der Waals surface area contributed by atoms with Crippen molar-refractivity contribution in [3.63, 3.8) is 0 Å². The Labute approximate surface area is 226 Å². The van der Waals surface area contributed by atoms with E-state index >= 15 is 0 Å². The van der Waals surface area contributed by atoms with Gasteiger partial charge in [-0.05, 0) is 36.8 Å². The van der Waals surface area contributed by atoms with Crippen LogP contribution in [0.1, 0.15) is 24.6 Å². The van der Waals surface area contributed by atoms with Gasteiger partial charge in [-0.3, -0.25) is 19.3 Å². The number of nitrogens with one attached hydrogen (secondary N) is 1. The molecule has 0 aliphatic heterocycles. The molecule has 40 heavy (non-hydrogen) atoms. The fourth-order valence-corrected chi connectivity index (χ4v) is 3.74. The Bertz CT molecular complexity index is 1490. The van der Waals surface area contributed by atoms with Gasteiger partial charge in [0.2, 0.25) is 5.91 Å². The van der Waals surface area contributed by atoms with Crippen LogP contribution in [0.3, 0.4) is 0 Å². The maximum atomic E-state index is 13.2. The Hall–Kier alpha value is -5.44. The number of carbonyl (C=O) groups is 4. The summed E-state index contributed by atoms with van der Waals surface area (Å²) in [5, 5.41) is 19.7. The molecular formula is C25H27N7O8. The Morgan fingerprint density at radius 2 is 1.70 bits per heavy atom. The Morgan fingerprint density at radius 1 is 1.07 bits per heavy atom. The highest BCUT2D eigenvalue weighted by Gasteiger charge is 2.39. The third-order valence-electron chi connectivity index (χ3n) is 5.51. The number of carbonyl (C=O) groups excluding carboxylic acids is 3. The van der Waals surface area contributed by atoms with Crippen molar-refractivity contribution >= 4 is 41.0 Å². The molecule has 0 saturated heterocycles. The normalized spacial score (nSPS) is 12.2. The number of rotatable bonds is 11. The molecule has 2 aromatic carbocycles. The molecule has 0 fully saturated rings. The lowest BCUT2D eigenvalue weighted by Gasteiger charge is -2.30. The summed E-state index contributed by atoms with van der Waals surface area (Å²) >= 11 is 0. The van der Waals surface area contributed by atoms with Crippen molar-refractivity contribution in [2.24, 2.45) is 22.2 Å². The predicted octanol–water partition coefficient (Wildman–Crippen LogP) is -0.874. The number of aliphatic imine (C=N–C) groups is 1. The first-order valence-corrected chi connectivity index (χ1v) is 11.7. The molecule has 1 aromatic heterocycles. The van der Waals surface area contributed by atoms with Gasteiger partial charge in [-0.2, -0.15) is 0 Å². The minimum Gasteiger partial charge on any atom is -0.491 e. The zero-order valence-electron chi connectivity index (χ0n) is 21.2. The summed E-state index contributed by atoms with van der Waals surface area (Å²) in [6.45, 7) is 0.995.